The van der Waals surface area contributed by atoms with Gasteiger partial charge < -0.3 is 9.80 Å². The number of anilines is 2. The lowest BCUT2D eigenvalue weighted by Gasteiger charge is -2.22. The summed E-state index contributed by atoms with van der Waals surface area (Å²) in [4.78, 5) is 4.99. The van der Waals surface area contributed by atoms with E-state index in [1.807, 2.05) is 0 Å². The monoisotopic (exact) mass is 250 g/mol. The van der Waals surface area contributed by atoms with Crippen molar-refractivity contribution in [1.29, 1.82) is 0 Å². The second kappa shape index (κ2) is 4.02. The van der Waals surface area contributed by atoms with Crippen LogP contribution in [0.15, 0.2) is 54.6 Å². The van der Waals surface area contributed by atoms with Crippen LogP contribution < -0.4 is 9.80 Å². The molecule has 1 fully saturated rings. The lowest BCUT2D eigenvalue weighted by atomic mass is 9.97. The van der Waals surface area contributed by atoms with E-state index in [0.717, 1.165) is 6.54 Å². The van der Waals surface area contributed by atoms with Gasteiger partial charge >= 0.3 is 0 Å². The first-order chi connectivity index (χ1) is 9.34. The molecule has 0 aromatic heterocycles. The molecule has 0 bridgehead atoms. The van der Waals surface area contributed by atoms with Crippen LogP contribution >= 0.6 is 0 Å². The Labute approximate surface area is 114 Å². The van der Waals surface area contributed by atoms with Crippen LogP contribution in [0.1, 0.15) is 17.9 Å². The molecule has 0 radical (unpaired) electrons. The van der Waals surface area contributed by atoms with Crippen LogP contribution in [0.4, 0.5) is 11.4 Å². The quantitative estimate of drug-likeness (QED) is 0.765. The minimum absolute atomic E-state index is 0.530. The highest BCUT2D eigenvalue weighted by atomic mass is 15.4. The van der Waals surface area contributed by atoms with Crippen molar-refractivity contribution < 1.29 is 0 Å². The molecule has 2 heteroatoms. The van der Waals surface area contributed by atoms with E-state index in [2.05, 4.69) is 71.4 Å². The molecule has 0 amide bonds. The Hall–Kier alpha value is -1.96. The summed E-state index contributed by atoms with van der Waals surface area (Å²) >= 11 is 0. The summed E-state index contributed by atoms with van der Waals surface area (Å²) < 4.78 is 0. The van der Waals surface area contributed by atoms with E-state index in [1.54, 1.807) is 0 Å². The molecule has 0 saturated carbocycles. The Morgan fingerprint density at radius 3 is 2.37 bits per heavy atom. The smallest absolute Gasteiger partial charge is 0.102 e. The first-order valence-electron chi connectivity index (χ1n) is 6.98. The largest absolute Gasteiger partial charge is 0.353 e. The maximum absolute atomic E-state index is 2.56. The van der Waals surface area contributed by atoms with Crippen molar-refractivity contribution in [2.75, 3.05) is 23.4 Å². The average Bonchev–Trinajstić information content (AvgIpc) is 3.01. The summed E-state index contributed by atoms with van der Waals surface area (Å²) in [5.41, 5.74) is 4.25. The molecule has 2 aliphatic rings. The Morgan fingerprint density at radius 2 is 1.58 bits per heavy atom. The van der Waals surface area contributed by atoms with E-state index >= 15 is 0 Å². The van der Waals surface area contributed by atoms with Gasteiger partial charge in [-0.3, -0.25) is 0 Å². The molecule has 2 aliphatic heterocycles. The van der Waals surface area contributed by atoms with Gasteiger partial charge in [0.1, 0.15) is 6.17 Å². The maximum Gasteiger partial charge on any atom is 0.102 e. The summed E-state index contributed by atoms with van der Waals surface area (Å²) in [7, 11) is 2.22. The molecule has 0 aliphatic carbocycles. The molecule has 1 saturated heterocycles. The van der Waals surface area contributed by atoms with Gasteiger partial charge in [-0.15, -0.1) is 0 Å². The first kappa shape index (κ1) is 10.9. The van der Waals surface area contributed by atoms with E-state index in [0.29, 0.717) is 12.1 Å². The summed E-state index contributed by atoms with van der Waals surface area (Å²) in [5, 5.41) is 0. The predicted octanol–water partition coefficient (Wildman–Crippen LogP) is 3.46. The van der Waals surface area contributed by atoms with Crippen molar-refractivity contribution in [2.45, 2.75) is 18.5 Å². The van der Waals surface area contributed by atoms with Gasteiger partial charge in [0, 0.05) is 19.5 Å². The van der Waals surface area contributed by atoms with Crippen LogP contribution in [0.25, 0.3) is 0 Å². The van der Waals surface area contributed by atoms with E-state index < -0.39 is 0 Å². The SMILES string of the molecule is CN1c2ccccc2N2CC(c3ccccc3)CC12. The van der Waals surface area contributed by atoms with Crippen LogP contribution in [0, 0.1) is 0 Å². The van der Waals surface area contributed by atoms with Gasteiger partial charge in [0.15, 0.2) is 0 Å². The Morgan fingerprint density at radius 1 is 0.895 bits per heavy atom. The average molecular weight is 250 g/mol. The summed E-state index contributed by atoms with van der Waals surface area (Å²) in [6.45, 7) is 1.13. The minimum atomic E-state index is 0.530. The second-order valence-corrected chi connectivity index (χ2v) is 5.58. The van der Waals surface area contributed by atoms with Gasteiger partial charge in [-0.1, -0.05) is 42.5 Å². The number of fused-ring (bicyclic) bond motifs is 3. The van der Waals surface area contributed by atoms with Gasteiger partial charge in [0.05, 0.1) is 11.4 Å². The van der Waals surface area contributed by atoms with Crippen LogP contribution in [0.2, 0.25) is 0 Å². The molecule has 2 aromatic rings. The summed E-state index contributed by atoms with van der Waals surface area (Å²) in [5.74, 6) is 0.655. The normalized spacial score (nSPS) is 24.5. The molecule has 4 rings (SSSR count). The van der Waals surface area contributed by atoms with Crippen molar-refractivity contribution in [3.8, 4) is 0 Å². The zero-order valence-electron chi connectivity index (χ0n) is 11.2. The first-order valence-corrected chi connectivity index (χ1v) is 6.98. The van der Waals surface area contributed by atoms with E-state index in [-0.39, 0.29) is 0 Å². The van der Waals surface area contributed by atoms with E-state index in [4.69, 9.17) is 0 Å². The highest BCUT2D eigenvalue weighted by Gasteiger charge is 2.41. The van der Waals surface area contributed by atoms with Crippen LogP contribution in [0.5, 0.6) is 0 Å². The van der Waals surface area contributed by atoms with Crippen LogP contribution in [-0.4, -0.2) is 19.8 Å². The third-order valence-corrected chi connectivity index (χ3v) is 4.56. The number of benzene rings is 2. The van der Waals surface area contributed by atoms with Gasteiger partial charge in [-0.25, -0.2) is 0 Å². The zero-order valence-corrected chi connectivity index (χ0v) is 11.2. The minimum Gasteiger partial charge on any atom is -0.353 e. The lowest BCUT2D eigenvalue weighted by molar-refractivity contribution is 0.655. The molecule has 0 spiro atoms. The zero-order chi connectivity index (χ0) is 12.8. The fraction of sp³-hybridized carbons (Fsp3) is 0.294. The highest BCUT2D eigenvalue weighted by Crippen LogP contribution is 2.46. The van der Waals surface area contributed by atoms with E-state index in [9.17, 15) is 0 Å². The Balaban J connectivity index is 1.68. The Kier molecular flexibility index (Phi) is 2.31. The molecular formula is C17H18N2. The molecule has 96 valence electrons. The Bertz CT molecular complexity index is 593. The van der Waals surface area contributed by atoms with Gasteiger partial charge in [-0.2, -0.15) is 0 Å². The molecule has 2 nitrogen and oxygen atoms in total. The van der Waals surface area contributed by atoms with Crippen molar-refractivity contribution in [1.82, 2.24) is 0 Å². The van der Waals surface area contributed by atoms with Crippen molar-refractivity contribution >= 4 is 11.4 Å². The molecule has 0 N–H and O–H groups in total. The van der Waals surface area contributed by atoms with Crippen LogP contribution in [-0.2, 0) is 0 Å². The van der Waals surface area contributed by atoms with Crippen LogP contribution in [0.3, 0.4) is 0 Å². The third-order valence-electron chi connectivity index (χ3n) is 4.56. The molecule has 19 heavy (non-hydrogen) atoms. The van der Waals surface area contributed by atoms with Crippen molar-refractivity contribution in [2.24, 2.45) is 0 Å². The molecule has 2 heterocycles. The number of rotatable bonds is 1. The molecule has 2 unspecified atom stereocenters. The third kappa shape index (κ3) is 1.56. The fourth-order valence-electron chi connectivity index (χ4n) is 3.57. The second-order valence-electron chi connectivity index (χ2n) is 5.58. The number of hydrogen-bond acceptors (Lipinski definition) is 2. The number of para-hydroxylation sites is 2. The summed E-state index contributed by atoms with van der Waals surface area (Å²) in [6.07, 6.45) is 1.75. The lowest BCUT2D eigenvalue weighted by Crippen LogP contribution is -2.35. The van der Waals surface area contributed by atoms with Gasteiger partial charge in [-0.05, 0) is 24.1 Å². The van der Waals surface area contributed by atoms with E-state index in [1.165, 1.54) is 23.4 Å². The highest BCUT2D eigenvalue weighted by molar-refractivity contribution is 5.78. The number of hydrogen-bond donors (Lipinski definition) is 0. The standard InChI is InChI=1S/C17H18N2/c1-18-15-9-5-6-10-16(15)19-12-14(11-17(18)19)13-7-3-2-4-8-13/h2-10,14,17H,11-12H2,1H3. The van der Waals surface area contributed by atoms with Crippen molar-refractivity contribution in [3.05, 3.63) is 60.2 Å². The van der Waals surface area contributed by atoms with Crippen molar-refractivity contribution in [3.63, 3.8) is 0 Å². The molecule has 2 aromatic carbocycles. The van der Waals surface area contributed by atoms with Gasteiger partial charge in [0.2, 0.25) is 0 Å². The summed E-state index contributed by atoms with van der Waals surface area (Å²) in [6, 6.07) is 19.7. The fourth-order valence-corrected chi connectivity index (χ4v) is 3.57. The predicted molar refractivity (Wildman–Crippen MR) is 79.8 cm³/mol. The molecule has 2 atom stereocenters. The van der Waals surface area contributed by atoms with Gasteiger partial charge in [0.25, 0.3) is 0 Å². The topological polar surface area (TPSA) is 6.48 Å². The molecular weight excluding hydrogens is 232 g/mol. The number of nitrogens with zero attached hydrogens (tertiary/aromatic N) is 2. The maximum atomic E-state index is 2.56.